The summed E-state index contributed by atoms with van der Waals surface area (Å²) < 4.78 is 0. The second-order valence-corrected chi connectivity index (χ2v) is 10.7. The lowest BCUT2D eigenvalue weighted by molar-refractivity contribution is 0.316. The van der Waals surface area contributed by atoms with Crippen LogP contribution in [0.5, 0.6) is 0 Å². The van der Waals surface area contributed by atoms with E-state index in [0.717, 1.165) is 36.0 Å². The van der Waals surface area contributed by atoms with Crippen LogP contribution in [-0.4, -0.2) is 40.7 Å². The quantitative estimate of drug-likeness (QED) is 0.300. The summed E-state index contributed by atoms with van der Waals surface area (Å²) >= 11 is 5.88. The normalized spacial score (nSPS) is 20.6. The monoisotopic (exact) mass is 497 g/mol. The number of benzene rings is 2. The molecule has 2 N–H and O–H groups in total. The summed E-state index contributed by atoms with van der Waals surface area (Å²) in [4.78, 5) is 9.40. The van der Waals surface area contributed by atoms with E-state index in [2.05, 4.69) is 103 Å². The molecule has 2 aliphatic heterocycles. The smallest absolute Gasteiger partial charge is 0.170 e. The van der Waals surface area contributed by atoms with Crippen LogP contribution in [0.1, 0.15) is 56.1 Å². The molecule has 1 fully saturated rings. The molecule has 0 spiro atoms. The molecule has 186 valence electrons. The first kappa shape index (κ1) is 24.3. The number of rotatable bonds is 7. The van der Waals surface area contributed by atoms with Gasteiger partial charge in [0.2, 0.25) is 0 Å². The number of thiocarbonyl (C=S) groups is 1. The minimum Gasteiger partial charge on any atom is -0.385 e. The summed E-state index contributed by atoms with van der Waals surface area (Å²) in [6.45, 7) is 8.48. The fraction of sp³-hybridized carbons (Fsp3) is 0.333. The van der Waals surface area contributed by atoms with Gasteiger partial charge in [-0.25, -0.2) is 0 Å². The molecule has 36 heavy (non-hydrogen) atoms. The molecule has 5 nitrogen and oxygen atoms in total. The molecule has 2 aromatic carbocycles. The SMILES string of the molecule is CC1=CC(C)(C)N(C)c2ccc([C@@H]3[C@H](c4ccccn4)NC(=S)N3CCCNc3ccccc3)cc21. The summed E-state index contributed by atoms with van der Waals surface area (Å²) in [6, 6.07) is 23.4. The fourth-order valence-corrected chi connectivity index (χ4v) is 5.74. The van der Waals surface area contributed by atoms with Crippen LogP contribution in [0.25, 0.3) is 5.57 Å². The maximum atomic E-state index is 5.88. The number of nitrogens with one attached hydrogen (secondary N) is 2. The summed E-state index contributed by atoms with van der Waals surface area (Å²) in [5, 5.41) is 7.90. The zero-order chi connectivity index (χ0) is 25.3. The van der Waals surface area contributed by atoms with E-state index in [-0.39, 0.29) is 17.6 Å². The number of aromatic nitrogens is 1. The highest BCUT2D eigenvalue weighted by molar-refractivity contribution is 7.80. The van der Waals surface area contributed by atoms with Gasteiger partial charge >= 0.3 is 0 Å². The molecule has 0 saturated carbocycles. The van der Waals surface area contributed by atoms with Crippen LogP contribution < -0.4 is 15.5 Å². The van der Waals surface area contributed by atoms with Gasteiger partial charge in [0.15, 0.2) is 5.11 Å². The van der Waals surface area contributed by atoms with E-state index in [1.54, 1.807) is 0 Å². The van der Waals surface area contributed by atoms with E-state index in [9.17, 15) is 0 Å². The molecule has 0 unspecified atom stereocenters. The molecule has 5 rings (SSSR count). The maximum Gasteiger partial charge on any atom is 0.170 e. The standard InChI is InChI=1S/C30H35N5S/c1-21-20-30(2,3)34(4)26-15-14-22(19-24(21)26)28-27(25-13-8-9-16-32-25)33-29(36)35(28)18-10-17-31-23-11-6-5-7-12-23/h5-9,11-16,19-20,27-28,31H,10,17-18H2,1-4H3,(H,33,36)/t27-,28+/m0/s1. The van der Waals surface area contributed by atoms with Crippen LogP contribution in [-0.2, 0) is 0 Å². The first-order chi connectivity index (χ1) is 17.3. The van der Waals surface area contributed by atoms with Crippen LogP contribution >= 0.6 is 12.2 Å². The Morgan fingerprint density at radius 3 is 2.58 bits per heavy atom. The fourth-order valence-electron chi connectivity index (χ4n) is 5.41. The van der Waals surface area contributed by atoms with Crippen LogP contribution in [0.2, 0.25) is 0 Å². The van der Waals surface area contributed by atoms with Crippen LogP contribution in [0.4, 0.5) is 11.4 Å². The van der Waals surface area contributed by atoms with Gasteiger partial charge in [0.25, 0.3) is 0 Å². The first-order valence-corrected chi connectivity index (χ1v) is 13.1. The molecule has 0 bridgehead atoms. The highest BCUT2D eigenvalue weighted by Gasteiger charge is 2.40. The van der Waals surface area contributed by atoms with Crippen molar-refractivity contribution in [3.8, 4) is 0 Å². The molecule has 0 amide bonds. The maximum absolute atomic E-state index is 5.88. The Balaban J connectivity index is 1.44. The Labute approximate surface area is 220 Å². The molecule has 1 aromatic heterocycles. The second-order valence-electron chi connectivity index (χ2n) is 10.3. The molecule has 2 aliphatic rings. The van der Waals surface area contributed by atoms with Crippen molar-refractivity contribution in [1.82, 2.24) is 15.2 Å². The molecule has 1 saturated heterocycles. The minimum absolute atomic E-state index is 0.000814. The van der Waals surface area contributed by atoms with Gasteiger partial charge in [0, 0.05) is 43.3 Å². The van der Waals surface area contributed by atoms with Gasteiger partial charge in [0.1, 0.15) is 0 Å². The lowest BCUT2D eigenvalue weighted by Gasteiger charge is -2.41. The third-order valence-electron chi connectivity index (χ3n) is 7.46. The molecule has 3 aromatic rings. The Morgan fingerprint density at radius 2 is 1.83 bits per heavy atom. The van der Waals surface area contributed by atoms with Crippen molar-refractivity contribution < 1.29 is 0 Å². The van der Waals surface area contributed by atoms with E-state index >= 15 is 0 Å². The van der Waals surface area contributed by atoms with Crippen molar-refractivity contribution in [2.45, 2.75) is 44.8 Å². The van der Waals surface area contributed by atoms with E-state index in [4.69, 9.17) is 17.2 Å². The number of para-hydroxylation sites is 1. The molecular weight excluding hydrogens is 462 g/mol. The number of nitrogens with zero attached hydrogens (tertiary/aromatic N) is 3. The van der Waals surface area contributed by atoms with Crippen molar-refractivity contribution in [2.75, 3.05) is 30.4 Å². The minimum atomic E-state index is -0.0106. The largest absolute Gasteiger partial charge is 0.385 e. The van der Waals surface area contributed by atoms with Crippen molar-refractivity contribution in [3.63, 3.8) is 0 Å². The van der Waals surface area contributed by atoms with Gasteiger partial charge in [-0.05, 0) is 86.9 Å². The Morgan fingerprint density at radius 1 is 1.06 bits per heavy atom. The van der Waals surface area contributed by atoms with Gasteiger partial charge in [-0.1, -0.05) is 36.4 Å². The summed E-state index contributed by atoms with van der Waals surface area (Å²) in [6.07, 6.45) is 5.20. The van der Waals surface area contributed by atoms with Crippen LogP contribution in [0.15, 0.2) is 79.0 Å². The third kappa shape index (κ3) is 4.70. The Hall–Kier alpha value is -3.38. The zero-order valence-electron chi connectivity index (χ0n) is 21.5. The first-order valence-electron chi connectivity index (χ1n) is 12.7. The predicted octanol–water partition coefficient (Wildman–Crippen LogP) is 6.19. The molecule has 6 heteroatoms. The number of hydrogen-bond acceptors (Lipinski definition) is 4. The molecule has 0 aliphatic carbocycles. The lowest BCUT2D eigenvalue weighted by Crippen LogP contribution is -2.42. The van der Waals surface area contributed by atoms with Crippen LogP contribution in [0.3, 0.4) is 0 Å². The summed E-state index contributed by atoms with van der Waals surface area (Å²) in [5.41, 5.74) is 7.28. The highest BCUT2D eigenvalue weighted by Crippen LogP contribution is 2.43. The van der Waals surface area contributed by atoms with Crippen molar-refractivity contribution in [2.24, 2.45) is 0 Å². The van der Waals surface area contributed by atoms with Gasteiger partial charge in [-0.3, -0.25) is 4.98 Å². The topological polar surface area (TPSA) is 43.4 Å². The van der Waals surface area contributed by atoms with E-state index in [0.29, 0.717) is 0 Å². The van der Waals surface area contributed by atoms with E-state index in [1.165, 1.54) is 22.4 Å². The number of allylic oxidation sites excluding steroid dienone is 1. The van der Waals surface area contributed by atoms with Gasteiger partial charge < -0.3 is 20.4 Å². The third-order valence-corrected chi connectivity index (χ3v) is 7.81. The van der Waals surface area contributed by atoms with Crippen molar-refractivity contribution in [3.05, 3.63) is 95.8 Å². The van der Waals surface area contributed by atoms with Crippen molar-refractivity contribution in [1.29, 1.82) is 0 Å². The van der Waals surface area contributed by atoms with Crippen molar-refractivity contribution >= 4 is 34.3 Å². The molecular formula is C30H35N5S. The lowest BCUT2D eigenvalue weighted by atomic mass is 9.86. The number of hydrogen-bond donors (Lipinski definition) is 2. The van der Waals surface area contributed by atoms with E-state index < -0.39 is 0 Å². The second kappa shape index (κ2) is 9.94. The number of anilines is 2. The van der Waals surface area contributed by atoms with Crippen LogP contribution in [0, 0.1) is 0 Å². The summed E-state index contributed by atoms with van der Waals surface area (Å²) in [7, 11) is 2.18. The number of likely N-dealkylation sites (N-methyl/N-ethyl adjacent to an activating group) is 1. The summed E-state index contributed by atoms with van der Waals surface area (Å²) in [5.74, 6) is 0. The highest BCUT2D eigenvalue weighted by atomic mass is 32.1. The molecule has 2 atom stereocenters. The Kier molecular flexibility index (Phi) is 6.71. The number of fused-ring (bicyclic) bond motifs is 1. The van der Waals surface area contributed by atoms with E-state index in [1.807, 2.05) is 24.4 Å². The molecule has 0 radical (unpaired) electrons. The average molecular weight is 498 g/mol. The van der Waals surface area contributed by atoms with Gasteiger partial charge in [0.05, 0.1) is 23.3 Å². The average Bonchev–Trinajstić information content (AvgIpc) is 3.22. The molecule has 3 heterocycles. The zero-order valence-corrected chi connectivity index (χ0v) is 22.3. The Bertz CT molecular complexity index is 1250. The van der Waals surface area contributed by atoms with Gasteiger partial charge in [-0.15, -0.1) is 0 Å². The predicted molar refractivity (Wildman–Crippen MR) is 154 cm³/mol. The van der Waals surface area contributed by atoms with Gasteiger partial charge in [-0.2, -0.15) is 0 Å². The number of pyridine rings is 1.